The minimum Gasteiger partial charge on any atom is -0.262 e. The monoisotopic (exact) mass is 193 g/mol. The summed E-state index contributed by atoms with van der Waals surface area (Å²) in [4.78, 5) is 4.41. The Morgan fingerprint density at radius 2 is 2.00 bits per heavy atom. The van der Waals surface area contributed by atoms with E-state index in [0.717, 1.165) is 18.5 Å². The average Bonchev–Trinajstić information content (AvgIpc) is 2.16. The fourth-order valence-corrected chi connectivity index (χ4v) is 0.894. The zero-order valence-electron chi connectivity index (χ0n) is 10.2. The molecule has 0 aromatic carbocycles. The Morgan fingerprint density at radius 3 is 2.43 bits per heavy atom. The van der Waals surface area contributed by atoms with Crippen molar-refractivity contribution in [2.45, 2.75) is 47.5 Å². The van der Waals surface area contributed by atoms with E-state index < -0.39 is 0 Å². The molecule has 0 radical (unpaired) electrons. The standard InChI is InChI=1S/C13H23N/c1-6-8-9-14-13(7-2)10-12(5)11(3)4/h7,9-11H,6,8H2,1-5H3/b12-10+,13-7+,14-9?. The first-order chi connectivity index (χ1) is 6.61. The normalized spacial score (nSPS) is 14.4. The van der Waals surface area contributed by atoms with Crippen LogP contribution in [0.25, 0.3) is 0 Å². The fourth-order valence-electron chi connectivity index (χ4n) is 0.894. The third kappa shape index (κ3) is 5.74. The zero-order valence-corrected chi connectivity index (χ0v) is 10.2. The van der Waals surface area contributed by atoms with Crippen LogP contribution in [-0.4, -0.2) is 6.21 Å². The number of hydrogen-bond donors (Lipinski definition) is 0. The maximum Gasteiger partial charge on any atom is 0.0582 e. The first kappa shape index (κ1) is 13.2. The molecule has 0 unspecified atom stereocenters. The van der Waals surface area contributed by atoms with Crippen molar-refractivity contribution in [3.8, 4) is 0 Å². The number of aliphatic imine (C=N–C) groups is 1. The molecule has 0 aliphatic carbocycles. The van der Waals surface area contributed by atoms with Crippen molar-refractivity contribution < 1.29 is 0 Å². The van der Waals surface area contributed by atoms with Crippen LogP contribution in [0.4, 0.5) is 0 Å². The van der Waals surface area contributed by atoms with Crippen LogP contribution in [0, 0.1) is 5.92 Å². The van der Waals surface area contributed by atoms with Crippen molar-refractivity contribution in [1.29, 1.82) is 0 Å². The first-order valence-electron chi connectivity index (χ1n) is 5.48. The van der Waals surface area contributed by atoms with E-state index in [-0.39, 0.29) is 0 Å². The minimum atomic E-state index is 0.603. The van der Waals surface area contributed by atoms with Crippen molar-refractivity contribution >= 4 is 6.21 Å². The van der Waals surface area contributed by atoms with Gasteiger partial charge in [0.05, 0.1) is 5.70 Å². The summed E-state index contributed by atoms with van der Waals surface area (Å²) in [5, 5.41) is 0. The highest BCUT2D eigenvalue weighted by atomic mass is 14.7. The zero-order chi connectivity index (χ0) is 11.0. The maximum atomic E-state index is 4.41. The van der Waals surface area contributed by atoms with Gasteiger partial charge in [-0.25, -0.2) is 0 Å². The highest BCUT2D eigenvalue weighted by Crippen LogP contribution is 2.12. The van der Waals surface area contributed by atoms with E-state index in [0.29, 0.717) is 5.92 Å². The quantitative estimate of drug-likeness (QED) is 0.454. The summed E-state index contributed by atoms with van der Waals surface area (Å²) in [5.74, 6) is 0.603. The smallest absolute Gasteiger partial charge is 0.0582 e. The molecule has 80 valence electrons. The second kappa shape index (κ2) is 7.54. The summed E-state index contributed by atoms with van der Waals surface area (Å²) in [7, 11) is 0. The molecule has 0 N–H and O–H groups in total. The van der Waals surface area contributed by atoms with Crippen LogP contribution in [-0.2, 0) is 0 Å². The van der Waals surface area contributed by atoms with Crippen LogP contribution < -0.4 is 0 Å². The van der Waals surface area contributed by atoms with E-state index in [1.807, 2.05) is 13.1 Å². The molecule has 0 spiro atoms. The Morgan fingerprint density at radius 1 is 1.36 bits per heavy atom. The maximum absolute atomic E-state index is 4.41. The van der Waals surface area contributed by atoms with Crippen LogP contribution in [0.2, 0.25) is 0 Å². The Kier molecular flexibility index (Phi) is 7.09. The largest absolute Gasteiger partial charge is 0.262 e. The van der Waals surface area contributed by atoms with Gasteiger partial charge >= 0.3 is 0 Å². The van der Waals surface area contributed by atoms with Crippen molar-refractivity contribution in [3.05, 3.63) is 23.4 Å². The third-order valence-electron chi connectivity index (χ3n) is 2.24. The lowest BCUT2D eigenvalue weighted by Crippen LogP contribution is -1.89. The topological polar surface area (TPSA) is 12.4 Å². The van der Waals surface area contributed by atoms with Crippen molar-refractivity contribution in [2.75, 3.05) is 0 Å². The highest BCUT2D eigenvalue weighted by molar-refractivity contribution is 5.59. The van der Waals surface area contributed by atoms with E-state index in [1.54, 1.807) is 0 Å². The van der Waals surface area contributed by atoms with Gasteiger partial charge in [-0.3, -0.25) is 4.99 Å². The molecule has 0 rings (SSSR count). The molecule has 1 heteroatoms. The number of nitrogens with zero attached hydrogens (tertiary/aromatic N) is 1. The molecule has 0 aromatic rings. The second-order valence-electron chi connectivity index (χ2n) is 3.86. The van der Waals surface area contributed by atoms with Gasteiger partial charge < -0.3 is 0 Å². The fraction of sp³-hybridized carbons (Fsp3) is 0.615. The van der Waals surface area contributed by atoms with E-state index in [9.17, 15) is 0 Å². The molecular weight excluding hydrogens is 170 g/mol. The van der Waals surface area contributed by atoms with Gasteiger partial charge in [-0.05, 0) is 32.3 Å². The molecule has 0 atom stereocenters. The SMILES string of the molecule is C/C=C(\C=C(/C)C(C)C)N=CCCC. The lowest BCUT2D eigenvalue weighted by atomic mass is 10.0. The third-order valence-corrected chi connectivity index (χ3v) is 2.24. The van der Waals surface area contributed by atoms with Crippen LogP contribution in [0.5, 0.6) is 0 Å². The van der Waals surface area contributed by atoms with Gasteiger partial charge in [0.2, 0.25) is 0 Å². The summed E-state index contributed by atoms with van der Waals surface area (Å²) in [6, 6.07) is 0. The summed E-state index contributed by atoms with van der Waals surface area (Å²) in [6.07, 6.45) is 8.44. The number of unbranched alkanes of at least 4 members (excludes halogenated alkanes) is 1. The second-order valence-corrected chi connectivity index (χ2v) is 3.86. The van der Waals surface area contributed by atoms with Crippen LogP contribution in [0.15, 0.2) is 28.4 Å². The van der Waals surface area contributed by atoms with Crippen LogP contribution in [0.3, 0.4) is 0 Å². The number of rotatable bonds is 5. The highest BCUT2D eigenvalue weighted by Gasteiger charge is 1.96. The molecule has 0 amide bonds. The van der Waals surface area contributed by atoms with Gasteiger partial charge in [0.15, 0.2) is 0 Å². The number of hydrogen-bond acceptors (Lipinski definition) is 1. The molecule has 0 saturated heterocycles. The molecule has 14 heavy (non-hydrogen) atoms. The summed E-state index contributed by atoms with van der Waals surface area (Å²) < 4.78 is 0. The first-order valence-corrected chi connectivity index (χ1v) is 5.48. The van der Waals surface area contributed by atoms with Crippen molar-refractivity contribution in [2.24, 2.45) is 10.9 Å². The van der Waals surface area contributed by atoms with Crippen LogP contribution >= 0.6 is 0 Å². The van der Waals surface area contributed by atoms with Gasteiger partial charge in [0.1, 0.15) is 0 Å². The van der Waals surface area contributed by atoms with E-state index >= 15 is 0 Å². The molecular formula is C13H23N. The Labute approximate surface area is 88.6 Å². The summed E-state index contributed by atoms with van der Waals surface area (Å²) in [6.45, 7) is 10.8. The van der Waals surface area contributed by atoms with Crippen molar-refractivity contribution in [3.63, 3.8) is 0 Å². The van der Waals surface area contributed by atoms with Crippen LogP contribution in [0.1, 0.15) is 47.5 Å². The Hall–Kier alpha value is -0.850. The van der Waals surface area contributed by atoms with Gasteiger partial charge in [-0.2, -0.15) is 0 Å². The summed E-state index contributed by atoms with van der Waals surface area (Å²) >= 11 is 0. The van der Waals surface area contributed by atoms with Crippen molar-refractivity contribution in [1.82, 2.24) is 0 Å². The average molecular weight is 193 g/mol. The molecule has 0 aliphatic heterocycles. The predicted octanol–water partition coefficient (Wildman–Crippen LogP) is 4.36. The van der Waals surface area contributed by atoms with E-state index in [2.05, 4.69) is 44.8 Å². The Balaban J connectivity index is 4.38. The minimum absolute atomic E-state index is 0.603. The molecule has 0 aliphatic rings. The van der Waals surface area contributed by atoms with E-state index in [4.69, 9.17) is 0 Å². The molecule has 0 aromatic heterocycles. The molecule has 0 saturated carbocycles. The van der Waals surface area contributed by atoms with Gasteiger partial charge in [0, 0.05) is 6.21 Å². The Bertz CT molecular complexity index is 232. The van der Waals surface area contributed by atoms with Gasteiger partial charge in [-0.1, -0.05) is 38.8 Å². The van der Waals surface area contributed by atoms with Gasteiger partial charge in [-0.15, -0.1) is 0 Å². The number of allylic oxidation sites excluding steroid dienone is 3. The van der Waals surface area contributed by atoms with E-state index in [1.165, 1.54) is 5.57 Å². The lowest BCUT2D eigenvalue weighted by molar-refractivity contribution is 0.768. The molecule has 0 fully saturated rings. The molecule has 0 heterocycles. The molecule has 0 bridgehead atoms. The summed E-state index contributed by atoms with van der Waals surface area (Å²) in [5.41, 5.74) is 2.45. The lowest BCUT2D eigenvalue weighted by Gasteiger charge is -2.04. The van der Waals surface area contributed by atoms with Gasteiger partial charge in [0.25, 0.3) is 0 Å². The predicted molar refractivity (Wildman–Crippen MR) is 65.8 cm³/mol. The molecule has 1 nitrogen and oxygen atoms in total.